The van der Waals surface area contributed by atoms with Gasteiger partial charge in [-0.05, 0) is 19.3 Å². The zero-order valence-corrected chi connectivity index (χ0v) is 8.74. The normalized spacial score (nSPS) is 16.4. The summed E-state index contributed by atoms with van der Waals surface area (Å²) in [7, 11) is 0. The molecule has 2 N–H and O–H groups in total. The fourth-order valence-electron chi connectivity index (χ4n) is 1.36. The zero-order chi connectivity index (χ0) is 10.4. The fraction of sp³-hybridized carbons (Fsp3) is 0.800. The molecule has 1 aliphatic rings. The predicted molar refractivity (Wildman–Crippen MR) is 56.7 cm³/mol. The summed E-state index contributed by atoms with van der Waals surface area (Å²) in [5.41, 5.74) is 5.85. The van der Waals surface area contributed by atoms with E-state index in [4.69, 9.17) is 11.0 Å². The van der Waals surface area contributed by atoms with Crippen molar-refractivity contribution >= 4 is 5.96 Å². The van der Waals surface area contributed by atoms with Crippen LogP contribution in [-0.2, 0) is 0 Å². The summed E-state index contributed by atoms with van der Waals surface area (Å²) in [6.45, 7) is 3.58. The lowest BCUT2D eigenvalue weighted by atomic mass is 10.4. The summed E-state index contributed by atoms with van der Waals surface area (Å²) in [6, 6.07) is 2.68. The van der Waals surface area contributed by atoms with E-state index in [0.717, 1.165) is 19.5 Å². The van der Waals surface area contributed by atoms with Crippen LogP contribution in [-0.4, -0.2) is 30.0 Å². The number of nitriles is 1. The van der Waals surface area contributed by atoms with Crippen LogP contribution < -0.4 is 5.73 Å². The molecule has 0 amide bonds. The molecule has 0 atom stereocenters. The van der Waals surface area contributed by atoms with Gasteiger partial charge in [0, 0.05) is 19.1 Å². The molecule has 14 heavy (non-hydrogen) atoms. The number of guanidine groups is 1. The van der Waals surface area contributed by atoms with Crippen LogP contribution in [0.5, 0.6) is 0 Å². The van der Waals surface area contributed by atoms with Gasteiger partial charge in [-0.1, -0.05) is 6.92 Å². The maximum absolute atomic E-state index is 8.52. The fourth-order valence-corrected chi connectivity index (χ4v) is 1.36. The summed E-state index contributed by atoms with van der Waals surface area (Å²) in [4.78, 5) is 6.34. The molecule has 0 unspecified atom stereocenters. The van der Waals surface area contributed by atoms with Crippen molar-refractivity contribution in [1.82, 2.24) is 4.90 Å². The highest BCUT2D eigenvalue weighted by atomic mass is 15.3. The Balaban J connectivity index is 2.44. The molecule has 1 aliphatic carbocycles. The van der Waals surface area contributed by atoms with Crippen LogP contribution in [0.25, 0.3) is 0 Å². The maximum atomic E-state index is 8.52. The van der Waals surface area contributed by atoms with Crippen LogP contribution in [0.4, 0.5) is 0 Å². The van der Waals surface area contributed by atoms with E-state index < -0.39 is 0 Å². The minimum atomic E-state index is 0.527. The van der Waals surface area contributed by atoms with Crippen molar-refractivity contribution in [2.24, 2.45) is 10.7 Å². The van der Waals surface area contributed by atoms with Gasteiger partial charge in [0.15, 0.2) is 5.96 Å². The van der Waals surface area contributed by atoms with Crippen LogP contribution in [0.3, 0.4) is 0 Å². The molecule has 0 aromatic rings. The molecule has 0 bridgehead atoms. The molecule has 1 fully saturated rings. The maximum Gasteiger partial charge on any atom is 0.191 e. The smallest absolute Gasteiger partial charge is 0.191 e. The predicted octanol–water partition coefficient (Wildman–Crippen LogP) is 1.09. The summed E-state index contributed by atoms with van der Waals surface area (Å²) in [5.74, 6) is 0.615. The van der Waals surface area contributed by atoms with Crippen molar-refractivity contribution < 1.29 is 0 Å². The third-order valence-electron chi connectivity index (χ3n) is 2.24. The summed E-state index contributed by atoms with van der Waals surface area (Å²) in [6.07, 6.45) is 3.91. The first-order chi connectivity index (χ1) is 6.79. The zero-order valence-electron chi connectivity index (χ0n) is 8.74. The van der Waals surface area contributed by atoms with Crippen molar-refractivity contribution in [3.8, 4) is 6.07 Å². The molecular formula is C10H18N4. The minimum Gasteiger partial charge on any atom is -0.370 e. The van der Waals surface area contributed by atoms with Crippen molar-refractivity contribution in [3.05, 3.63) is 0 Å². The van der Waals surface area contributed by atoms with Crippen molar-refractivity contribution in [3.63, 3.8) is 0 Å². The van der Waals surface area contributed by atoms with E-state index in [-0.39, 0.29) is 0 Å². The second-order valence-electron chi connectivity index (χ2n) is 3.57. The Morgan fingerprint density at radius 2 is 2.36 bits per heavy atom. The van der Waals surface area contributed by atoms with Gasteiger partial charge in [-0.25, -0.2) is 0 Å². The highest BCUT2D eigenvalue weighted by molar-refractivity contribution is 5.78. The first-order valence-corrected chi connectivity index (χ1v) is 5.23. The van der Waals surface area contributed by atoms with Crippen molar-refractivity contribution in [1.29, 1.82) is 5.26 Å². The quantitative estimate of drug-likeness (QED) is 0.526. The monoisotopic (exact) mass is 194 g/mol. The third kappa shape index (κ3) is 3.25. The molecule has 1 saturated carbocycles. The third-order valence-corrected chi connectivity index (χ3v) is 2.24. The minimum absolute atomic E-state index is 0.527. The Kier molecular flexibility index (Phi) is 4.24. The van der Waals surface area contributed by atoms with Gasteiger partial charge in [-0.2, -0.15) is 5.26 Å². The van der Waals surface area contributed by atoms with E-state index in [1.165, 1.54) is 12.8 Å². The lowest BCUT2D eigenvalue weighted by Gasteiger charge is -2.21. The number of nitrogens with zero attached hydrogens (tertiary/aromatic N) is 3. The molecule has 0 heterocycles. The summed E-state index contributed by atoms with van der Waals surface area (Å²) < 4.78 is 0. The van der Waals surface area contributed by atoms with Crippen molar-refractivity contribution in [2.45, 2.75) is 38.6 Å². The average Bonchev–Trinajstić information content (AvgIpc) is 2.99. The van der Waals surface area contributed by atoms with Gasteiger partial charge in [0.05, 0.1) is 12.5 Å². The molecule has 0 aromatic heterocycles. The van der Waals surface area contributed by atoms with E-state index >= 15 is 0 Å². The number of hydrogen-bond acceptors (Lipinski definition) is 2. The molecule has 0 saturated heterocycles. The summed E-state index contributed by atoms with van der Waals surface area (Å²) >= 11 is 0. The van der Waals surface area contributed by atoms with E-state index in [9.17, 15) is 0 Å². The first-order valence-electron chi connectivity index (χ1n) is 5.23. The van der Waals surface area contributed by atoms with Gasteiger partial charge in [-0.3, -0.25) is 4.99 Å². The number of nitrogens with two attached hydrogens (primary N) is 1. The second kappa shape index (κ2) is 5.48. The number of hydrogen-bond donors (Lipinski definition) is 1. The average molecular weight is 194 g/mol. The standard InChI is InChI=1S/C10H18N4/c1-2-7-13-10(12)14(8-3-6-11)9-4-5-9/h9H,2-5,7-8H2,1H3,(H2,12,13). The molecule has 0 aromatic carbocycles. The van der Waals surface area contributed by atoms with Crippen LogP contribution in [0.2, 0.25) is 0 Å². The highest BCUT2D eigenvalue weighted by Crippen LogP contribution is 2.26. The molecule has 0 radical (unpaired) electrons. The first kappa shape index (κ1) is 10.8. The molecule has 78 valence electrons. The largest absolute Gasteiger partial charge is 0.370 e. The topological polar surface area (TPSA) is 65.4 Å². The van der Waals surface area contributed by atoms with Crippen LogP contribution in [0, 0.1) is 11.3 Å². The van der Waals surface area contributed by atoms with Gasteiger partial charge < -0.3 is 10.6 Å². The van der Waals surface area contributed by atoms with Gasteiger partial charge in [-0.15, -0.1) is 0 Å². The Morgan fingerprint density at radius 1 is 1.64 bits per heavy atom. The molecular weight excluding hydrogens is 176 g/mol. The number of aliphatic imine (C=N–C) groups is 1. The molecule has 0 spiro atoms. The van der Waals surface area contributed by atoms with E-state index in [1.54, 1.807) is 0 Å². The summed E-state index contributed by atoms with van der Waals surface area (Å²) in [5, 5.41) is 8.52. The lowest BCUT2D eigenvalue weighted by Crippen LogP contribution is -2.39. The Labute approximate surface area is 85.4 Å². The Bertz CT molecular complexity index is 237. The Hall–Kier alpha value is -1.24. The van der Waals surface area contributed by atoms with E-state index in [1.807, 2.05) is 0 Å². The Morgan fingerprint density at radius 3 is 2.86 bits per heavy atom. The van der Waals surface area contributed by atoms with Gasteiger partial charge in [0.25, 0.3) is 0 Å². The van der Waals surface area contributed by atoms with E-state index in [0.29, 0.717) is 18.4 Å². The van der Waals surface area contributed by atoms with Gasteiger partial charge in [0.1, 0.15) is 0 Å². The van der Waals surface area contributed by atoms with Crippen LogP contribution in [0.15, 0.2) is 4.99 Å². The molecule has 4 nitrogen and oxygen atoms in total. The number of rotatable bonds is 5. The van der Waals surface area contributed by atoms with Crippen LogP contribution >= 0.6 is 0 Å². The van der Waals surface area contributed by atoms with E-state index in [2.05, 4.69) is 22.9 Å². The second-order valence-corrected chi connectivity index (χ2v) is 3.57. The van der Waals surface area contributed by atoms with Crippen LogP contribution in [0.1, 0.15) is 32.6 Å². The molecule has 0 aliphatic heterocycles. The lowest BCUT2D eigenvalue weighted by molar-refractivity contribution is 0.412. The highest BCUT2D eigenvalue weighted by Gasteiger charge is 2.29. The van der Waals surface area contributed by atoms with Gasteiger partial charge in [0.2, 0.25) is 0 Å². The molecule has 4 heteroatoms. The SMILES string of the molecule is CCCN=C(N)N(CCC#N)C1CC1. The van der Waals surface area contributed by atoms with Gasteiger partial charge >= 0.3 is 0 Å². The van der Waals surface area contributed by atoms with Crippen molar-refractivity contribution in [2.75, 3.05) is 13.1 Å². The molecule has 1 rings (SSSR count).